The van der Waals surface area contributed by atoms with E-state index in [-0.39, 0.29) is 0 Å². The highest BCUT2D eigenvalue weighted by atomic mass is 15.2. The van der Waals surface area contributed by atoms with Crippen molar-refractivity contribution >= 4 is 5.71 Å². The number of benzene rings is 2. The molecule has 2 heteroatoms. The summed E-state index contributed by atoms with van der Waals surface area (Å²) in [5, 5.41) is 8.71. The van der Waals surface area contributed by atoms with Crippen LogP contribution in [-0.2, 0) is 0 Å². The molecule has 0 unspecified atom stereocenters. The van der Waals surface area contributed by atoms with E-state index >= 15 is 0 Å². The average Bonchev–Trinajstić information content (AvgIpc) is 2.72. The average molecular weight is 283 g/mol. The molecule has 0 bridgehead atoms. The van der Waals surface area contributed by atoms with E-state index in [9.17, 15) is 0 Å². The molecule has 0 radical (unpaired) electrons. The molecule has 0 spiro atoms. The Hall–Kier alpha value is -3.00. The fourth-order valence-corrected chi connectivity index (χ4v) is 2.82. The second-order valence-corrected chi connectivity index (χ2v) is 5.22. The standard InChI is InChI=1S/C20H14N2/c1-2-4-10-15(9-3-1)21-22-20-18-13-7-5-11-16(18)17-12-6-8-14-19(17)20/h1-14H/p+1. The van der Waals surface area contributed by atoms with Crippen LogP contribution in [-0.4, -0.2) is 5.71 Å². The van der Waals surface area contributed by atoms with Gasteiger partial charge in [-0.25, -0.2) is 0 Å². The van der Waals surface area contributed by atoms with Crippen molar-refractivity contribution in [3.05, 3.63) is 101 Å². The van der Waals surface area contributed by atoms with E-state index in [0.717, 1.165) is 11.1 Å². The largest absolute Gasteiger partial charge is 0.244 e. The minimum Gasteiger partial charge on any atom is -0.0977 e. The number of nitrogens with one attached hydrogen (secondary N) is 1. The third-order valence-corrected chi connectivity index (χ3v) is 3.85. The molecule has 4 rings (SSSR count). The van der Waals surface area contributed by atoms with Gasteiger partial charge >= 0.3 is 0 Å². The number of nitrogens with zero attached hydrogens (tertiary/aromatic N) is 1. The quantitative estimate of drug-likeness (QED) is 0.518. The molecule has 1 aliphatic rings. The van der Waals surface area contributed by atoms with Crippen LogP contribution in [0.2, 0.25) is 0 Å². The van der Waals surface area contributed by atoms with Gasteiger partial charge in [0.2, 0.25) is 5.71 Å². The van der Waals surface area contributed by atoms with Crippen molar-refractivity contribution in [2.45, 2.75) is 0 Å². The number of hydrogen-bond donors (Lipinski definition) is 1. The van der Waals surface area contributed by atoms with E-state index in [0.29, 0.717) is 0 Å². The molecule has 0 saturated carbocycles. The van der Waals surface area contributed by atoms with Crippen molar-refractivity contribution in [2.24, 2.45) is 5.10 Å². The second-order valence-electron chi connectivity index (χ2n) is 5.22. The SMILES string of the molecule is c1cccc(=N[NH+]=C2c3ccccc3-c3ccccc32)cc1. The van der Waals surface area contributed by atoms with Crippen molar-refractivity contribution in [1.82, 2.24) is 0 Å². The molecule has 0 aliphatic heterocycles. The summed E-state index contributed by atoms with van der Waals surface area (Å²) in [5.41, 5.74) is 5.99. The molecule has 0 aromatic heterocycles. The zero-order valence-electron chi connectivity index (χ0n) is 12.0. The minimum absolute atomic E-state index is 0.902. The summed E-state index contributed by atoms with van der Waals surface area (Å²) in [6.07, 6.45) is 0. The Morgan fingerprint density at radius 3 is 1.50 bits per heavy atom. The summed E-state index contributed by atoms with van der Waals surface area (Å²) in [5.74, 6) is 0. The Kier molecular flexibility index (Phi) is 3.13. The smallest absolute Gasteiger partial charge is 0.0977 e. The fraction of sp³-hybridized carbons (Fsp3) is 0. The number of hydrogen-bond acceptors (Lipinski definition) is 1. The van der Waals surface area contributed by atoms with Crippen LogP contribution in [0.1, 0.15) is 11.1 Å². The van der Waals surface area contributed by atoms with Gasteiger partial charge in [-0.2, -0.15) is 0 Å². The lowest BCUT2D eigenvalue weighted by atomic mass is 10.1. The van der Waals surface area contributed by atoms with Crippen LogP contribution in [0.3, 0.4) is 0 Å². The molecule has 104 valence electrons. The predicted octanol–water partition coefficient (Wildman–Crippen LogP) is 2.10. The summed E-state index contributed by atoms with van der Waals surface area (Å²) < 4.78 is 0. The maximum atomic E-state index is 4.54. The van der Waals surface area contributed by atoms with Gasteiger partial charge in [-0.1, -0.05) is 65.8 Å². The second kappa shape index (κ2) is 5.41. The lowest BCUT2D eigenvalue weighted by Gasteiger charge is -1.95. The Morgan fingerprint density at radius 2 is 0.955 bits per heavy atom. The highest BCUT2D eigenvalue weighted by molar-refractivity contribution is 6.21. The van der Waals surface area contributed by atoms with Gasteiger partial charge in [0.05, 0.1) is 11.1 Å². The summed E-state index contributed by atoms with van der Waals surface area (Å²) in [6, 6.07) is 28.8. The maximum Gasteiger partial charge on any atom is 0.244 e. The molecule has 3 aromatic carbocycles. The predicted molar refractivity (Wildman–Crippen MR) is 88.1 cm³/mol. The molecule has 3 aromatic rings. The molecular weight excluding hydrogens is 268 g/mol. The van der Waals surface area contributed by atoms with Crippen LogP contribution < -0.4 is 10.5 Å². The first-order chi connectivity index (χ1) is 10.9. The van der Waals surface area contributed by atoms with Gasteiger partial charge < -0.3 is 0 Å². The molecule has 0 amide bonds. The van der Waals surface area contributed by atoms with E-state index in [1.807, 2.05) is 36.4 Å². The first kappa shape index (κ1) is 12.7. The molecule has 1 aliphatic carbocycles. The number of fused-ring (bicyclic) bond motifs is 3. The Balaban J connectivity index is 1.93. The van der Waals surface area contributed by atoms with Gasteiger partial charge in [0.1, 0.15) is 5.36 Å². The van der Waals surface area contributed by atoms with Crippen LogP contribution in [0.5, 0.6) is 0 Å². The van der Waals surface area contributed by atoms with Crippen molar-refractivity contribution in [1.29, 1.82) is 0 Å². The normalized spacial score (nSPS) is 11.5. The zero-order chi connectivity index (χ0) is 14.8. The third-order valence-electron chi connectivity index (χ3n) is 3.85. The van der Waals surface area contributed by atoms with E-state index in [1.165, 1.54) is 22.3 Å². The molecule has 22 heavy (non-hydrogen) atoms. The van der Waals surface area contributed by atoms with Gasteiger partial charge in [-0.05, 0) is 40.5 Å². The monoisotopic (exact) mass is 283 g/mol. The topological polar surface area (TPSA) is 26.3 Å². The van der Waals surface area contributed by atoms with Crippen LogP contribution >= 0.6 is 0 Å². The first-order valence-corrected chi connectivity index (χ1v) is 7.35. The molecule has 0 fully saturated rings. The molecule has 0 saturated heterocycles. The van der Waals surface area contributed by atoms with E-state index in [1.54, 1.807) is 0 Å². The molecule has 2 nitrogen and oxygen atoms in total. The summed E-state index contributed by atoms with van der Waals surface area (Å²) in [6.45, 7) is 0. The van der Waals surface area contributed by atoms with E-state index in [4.69, 9.17) is 0 Å². The molecule has 1 N–H and O–H groups in total. The summed E-state index contributed by atoms with van der Waals surface area (Å²) in [4.78, 5) is 0. The maximum absolute atomic E-state index is 4.54. The van der Waals surface area contributed by atoms with Crippen LogP contribution in [0.4, 0.5) is 0 Å². The van der Waals surface area contributed by atoms with Crippen molar-refractivity contribution in [3.63, 3.8) is 0 Å². The van der Waals surface area contributed by atoms with Crippen LogP contribution in [0.25, 0.3) is 11.1 Å². The Labute approximate surface area is 129 Å². The molecule has 0 atom stereocenters. The van der Waals surface area contributed by atoms with Crippen molar-refractivity contribution in [3.8, 4) is 11.1 Å². The lowest BCUT2D eigenvalue weighted by molar-refractivity contribution is -0.466. The summed E-state index contributed by atoms with van der Waals surface area (Å²) in [7, 11) is 0. The lowest BCUT2D eigenvalue weighted by Crippen LogP contribution is -2.67. The van der Waals surface area contributed by atoms with Gasteiger partial charge in [0.15, 0.2) is 0 Å². The van der Waals surface area contributed by atoms with Gasteiger partial charge in [-0.3, -0.25) is 0 Å². The zero-order valence-corrected chi connectivity index (χ0v) is 12.0. The summed E-state index contributed by atoms with van der Waals surface area (Å²) >= 11 is 0. The van der Waals surface area contributed by atoms with Gasteiger partial charge in [0, 0.05) is 0 Å². The van der Waals surface area contributed by atoms with Crippen molar-refractivity contribution in [2.75, 3.05) is 0 Å². The highest BCUT2D eigenvalue weighted by Crippen LogP contribution is 2.34. The van der Waals surface area contributed by atoms with Crippen LogP contribution in [0.15, 0.2) is 90.0 Å². The van der Waals surface area contributed by atoms with Crippen LogP contribution in [0, 0.1) is 0 Å². The fourth-order valence-electron chi connectivity index (χ4n) is 2.82. The van der Waals surface area contributed by atoms with E-state index < -0.39 is 0 Å². The minimum atomic E-state index is 0.902. The molecular formula is C20H15N2+. The number of rotatable bonds is 1. The Bertz CT molecular complexity index is 870. The Morgan fingerprint density at radius 1 is 0.500 bits per heavy atom. The molecule has 0 heterocycles. The highest BCUT2D eigenvalue weighted by Gasteiger charge is 2.28. The third kappa shape index (κ3) is 2.15. The first-order valence-electron chi connectivity index (χ1n) is 7.35. The van der Waals surface area contributed by atoms with Crippen molar-refractivity contribution < 1.29 is 5.10 Å². The van der Waals surface area contributed by atoms with E-state index in [2.05, 4.69) is 58.7 Å². The van der Waals surface area contributed by atoms with Gasteiger partial charge in [0.25, 0.3) is 0 Å². The van der Waals surface area contributed by atoms with Gasteiger partial charge in [-0.15, -0.1) is 0 Å².